The summed E-state index contributed by atoms with van der Waals surface area (Å²) in [7, 11) is 0. The van der Waals surface area contributed by atoms with Crippen LogP contribution >= 0.6 is 0 Å². The van der Waals surface area contributed by atoms with Crippen molar-refractivity contribution in [3.63, 3.8) is 0 Å². The minimum Gasteiger partial charge on any atom is -0.356 e. The van der Waals surface area contributed by atoms with Crippen LogP contribution in [-0.4, -0.2) is 25.5 Å². The molecule has 0 saturated heterocycles. The van der Waals surface area contributed by atoms with Crippen molar-refractivity contribution in [2.24, 2.45) is 11.8 Å². The van der Waals surface area contributed by atoms with Crippen molar-refractivity contribution < 1.29 is 4.79 Å². The minimum absolute atomic E-state index is 0.282. The van der Waals surface area contributed by atoms with Crippen molar-refractivity contribution in [2.75, 3.05) is 19.6 Å². The molecule has 2 rings (SSSR count). The SMILES string of the molecule is CCCCC1CCC(C(=O)NCCC2=CCNCC2)CC1. The van der Waals surface area contributed by atoms with Crippen LogP contribution in [-0.2, 0) is 4.79 Å². The number of amides is 1. The molecule has 1 fully saturated rings. The van der Waals surface area contributed by atoms with Crippen LogP contribution in [0.4, 0.5) is 0 Å². The molecule has 1 aliphatic heterocycles. The summed E-state index contributed by atoms with van der Waals surface area (Å²) < 4.78 is 0. The van der Waals surface area contributed by atoms with Crippen LogP contribution in [0.2, 0.25) is 0 Å². The van der Waals surface area contributed by atoms with E-state index in [1.54, 1.807) is 0 Å². The fourth-order valence-corrected chi connectivity index (χ4v) is 3.59. The van der Waals surface area contributed by atoms with Gasteiger partial charge in [-0.05, 0) is 51.0 Å². The van der Waals surface area contributed by atoms with Gasteiger partial charge in [-0.3, -0.25) is 4.79 Å². The molecule has 0 atom stereocenters. The Bertz CT molecular complexity index is 343. The zero-order chi connectivity index (χ0) is 14.9. The largest absolute Gasteiger partial charge is 0.356 e. The molecule has 2 aliphatic rings. The monoisotopic (exact) mass is 292 g/mol. The van der Waals surface area contributed by atoms with E-state index in [0.29, 0.717) is 5.91 Å². The van der Waals surface area contributed by atoms with Gasteiger partial charge < -0.3 is 10.6 Å². The maximum atomic E-state index is 12.2. The van der Waals surface area contributed by atoms with Crippen molar-refractivity contribution in [1.82, 2.24) is 10.6 Å². The second kappa shape index (κ2) is 9.24. The van der Waals surface area contributed by atoms with Gasteiger partial charge in [0.1, 0.15) is 0 Å². The van der Waals surface area contributed by atoms with Gasteiger partial charge in [-0.2, -0.15) is 0 Å². The summed E-state index contributed by atoms with van der Waals surface area (Å²) in [5.74, 6) is 1.47. The molecule has 0 radical (unpaired) electrons. The number of carbonyl (C=O) groups is 1. The van der Waals surface area contributed by atoms with Crippen molar-refractivity contribution in [3.05, 3.63) is 11.6 Å². The maximum Gasteiger partial charge on any atom is 0.223 e. The lowest BCUT2D eigenvalue weighted by Crippen LogP contribution is -2.34. The maximum absolute atomic E-state index is 12.2. The van der Waals surface area contributed by atoms with E-state index in [1.165, 1.54) is 37.7 Å². The molecule has 21 heavy (non-hydrogen) atoms. The van der Waals surface area contributed by atoms with E-state index in [9.17, 15) is 4.79 Å². The summed E-state index contributed by atoms with van der Waals surface area (Å²) in [5, 5.41) is 6.48. The van der Waals surface area contributed by atoms with E-state index >= 15 is 0 Å². The van der Waals surface area contributed by atoms with Crippen LogP contribution < -0.4 is 10.6 Å². The van der Waals surface area contributed by atoms with E-state index in [1.807, 2.05) is 0 Å². The Kier molecular flexibility index (Phi) is 7.28. The molecule has 0 unspecified atom stereocenters. The molecular weight excluding hydrogens is 260 g/mol. The molecule has 1 aliphatic carbocycles. The molecule has 0 bridgehead atoms. The van der Waals surface area contributed by atoms with Crippen LogP contribution in [0.5, 0.6) is 0 Å². The van der Waals surface area contributed by atoms with Gasteiger partial charge in [0.15, 0.2) is 0 Å². The molecule has 2 N–H and O–H groups in total. The molecule has 120 valence electrons. The summed E-state index contributed by atoms with van der Waals surface area (Å²) in [6.45, 7) is 5.16. The van der Waals surface area contributed by atoms with Crippen LogP contribution in [0.3, 0.4) is 0 Å². The third-order valence-corrected chi connectivity index (χ3v) is 5.09. The van der Waals surface area contributed by atoms with Crippen LogP contribution in [0.1, 0.15) is 64.7 Å². The van der Waals surface area contributed by atoms with Gasteiger partial charge in [0.25, 0.3) is 0 Å². The molecule has 0 spiro atoms. The van der Waals surface area contributed by atoms with Crippen LogP contribution in [0, 0.1) is 11.8 Å². The minimum atomic E-state index is 0.282. The van der Waals surface area contributed by atoms with E-state index in [4.69, 9.17) is 0 Å². The third kappa shape index (κ3) is 5.82. The number of rotatable bonds is 7. The Balaban J connectivity index is 1.60. The van der Waals surface area contributed by atoms with Crippen LogP contribution in [0.25, 0.3) is 0 Å². The Morgan fingerprint density at radius 1 is 1.33 bits per heavy atom. The summed E-state index contributed by atoms with van der Waals surface area (Å²) in [5.41, 5.74) is 1.50. The Hall–Kier alpha value is -0.830. The number of nitrogens with one attached hydrogen (secondary N) is 2. The molecule has 3 nitrogen and oxygen atoms in total. The van der Waals surface area contributed by atoms with E-state index < -0.39 is 0 Å². The van der Waals surface area contributed by atoms with Gasteiger partial charge in [-0.25, -0.2) is 0 Å². The van der Waals surface area contributed by atoms with Crippen molar-refractivity contribution in [1.29, 1.82) is 0 Å². The Morgan fingerprint density at radius 2 is 2.14 bits per heavy atom. The Labute approximate surface area is 130 Å². The van der Waals surface area contributed by atoms with Gasteiger partial charge >= 0.3 is 0 Å². The third-order valence-electron chi connectivity index (χ3n) is 5.09. The zero-order valence-electron chi connectivity index (χ0n) is 13.6. The molecule has 1 heterocycles. The Morgan fingerprint density at radius 3 is 2.81 bits per heavy atom. The average molecular weight is 292 g/mol. The second-order valence-electron chi connectivity index (χ2n) is 6.72. The zero-order valence-corrected chi connectivity index (χ0v) is 13.6. The van der Waals surface area contributed by atoms with Crippen LogP contribution in [0.15, 0.2) is 11.6 Å². The first-order valence-corrected chi connectivity index (χ1v) is 8.96. The lowest BCUT2D eigenvalue weighted by atomic mass is 9.79. The first-order chi connectivity index (χ1) is 10.3. The van der Waals surface area contributed by atoms with E-state index in [-0.39, 0.29) is 5.92 Å². The molecule has 0 aromatic rings. The standard InChI is InChI=1S/C18H32N2O/c1-2-3-4-15-5-7-17(8-6-15)18(21)20-14-11-16-9-12-19-13-10-16/h9,15,17,19H,2-8,10-14H2,1H3,(H,20,21). The summed E-state index contributed by atoms with van der Waals surface area (Å²) in [6, 6.07) is 0. The molecular formula is C18H32N2O. The normalized spacial score (nSPS) is 26.2. The lowest BCUT2D eigenvalue weighted by Gasteiger charge is -2.27. The van der Waals surface area contributed by atoms with Gasteiger partial charge in [0.2, 0.25) is 5.91 Å². The fourth-order valence-electron chi connectivity index (χ4n) is 3.59. The molecule has 0 aromatic heterocycles. The number of hydrogen-bond donors (Lipinski definition) is 2. The van der Waals surface area contributed by atoms with Crippen molar-refractivity contribution in [3.8, 4) is 0 Å². The van der Waals surface area contributed by atoms with Crippen molar-refractivity contribution >= 4 is 5.91 Å². The highest BCUT2D eigenvalue weighted by atomic mass is 16.1. The number of hydrogen-bond acceptors (Lipinski definition) is 2. The lowest BCUT2D eigenvalue weighted by molar-refractivity contribution is -0.126. The molecule has 1 saturated carbocycles. The fraction of sp³-hybridized carbons (Fsp3) is 0.833. The highest BCUT2D eigenvalue weighted by molar-refractivity contribution is 5.78. The van der Waals surface area contributed by atoms with Gasteiger partial charge in [0, 0.05) is 19.0 Å². The topological polar surface area (TPSA) is 41.1 Å². The predicted octanol–water partition coefficient (Wildman–Crippen LogP) is 3.41. The first-order valence-electron chi connectivity index (χ1n) is 8.96. The summed E-state index contributed by atoms with van der Waals surface area (Å²) in [4.78, 5) is 12.2. The summed E-state index contributed by atoms with van der Waals surface area (Å²) in [6.07, 6.45) is 13.2. The highest BCUT2D eigenvalue weighted by Crippen LogP contribution is 2.31. The van der Waals surface area contributed by atoms with E-state index in [0.717, 1.165) is 51.2 Å². The van der Waals surface area contributed by atoms with Crippen molar-refractivity contribution in [2.45, 2.75) is 64.7 Å². The quantitative estimate of drug-likeness (QED) is 0.706. The van der Waals surface area contributed by atoms with Gasteiger partial charge in [0.05, 0.1) is 0 Å². The molecule has 1 amide bonds. The first kappa shape index (κ1) is 16.5. The van der Waals surface area contributed by atoms with Gasteiger partial charge in [-0.1, -0.05) is 37.8 Å². The van der Waals surface area contributed by atoms with Gasteiger partial charge in [-0.15, -0.1) is 0 Å². The van der Waals surface area contributed by atoms with E-state index in [2.05, 4.69) is 23.6 Å². The smallest absolute Gasteiger partial charge is 0.223 e. The number of carbonyl (C=O) groups excluding carboxylic acids is 1. The molecule has 0 aromatic carbocycles. The average Bonchev–Trinajstić information content (AvgIpc) is 2.54. The highest BCUT2D eigenvalue weighted by Gasteiger charge is 2.25. The second-order valence-corrected chi connectivity index (χ2v) is 6.72. The predicted molar refractivity (Wildman–Crippen MR) is 88.2 cm³/mol. The molecule has 3 heteroatoms. The summed E-state index contributed by atoms with van der Waals surface area (Å²) >= 11 is 0. The number of unbranched alkanes of at least 4 members (excludes halogenated alkanes) is 1.